The molecule has 5 aromatic rings. The van der Waals surface area contributed by atoms with Gasteiger partial charge in [-0.3, -0.25) is 14.4 Å². The molecule has 0 saturated carbocycles. The Morgan fingerprint density at radius 2 is 1.43 bits per heavy atom. The largest absolute Gasteiger partial charge is 0.322 e. The summed E-state index contributed by atoms with van der Waals surface area (Å²) in [6.45, 7) is 1.68. The first-order valence-corrected chi connectivity index (χ1v) is 15.1. The van der Waals surface area contributed by atoms with Gasteiger partial charge in [-0.2, -0.15) is 5.26 Å². The number of benzene rings is 4. The molecule has 5 rings (SSSR count). The van der Waals surface area contributed by atoms with Gasteiger partial charge in [-0.1, -0.05) is 66.7 Å². The molecule has 0 spiro atoms. The zero-order valence-corrected chi connectivity index (χ0v) is 25.0. The minimum absolute atomic E-state index is 0.0801. The van der Waals surface area contributed by atoms with E-state index in [2.05, 4.69) is 22.0 Å². The van der Waals surface area contributed by atoms with Gasteiger partial charge in [-0.15, -0.1) is 23.1 Å². The summed E-state index contributed by atoms with van der Waals surface area (Å²) in [6.07, 6.45) is 0. The average molecular weight is 621 g/mol. The number of nitrogens with zero attached hydrogens (tertiary/aromatic N) is 1. The normalized spacial score (nSPS) is 11.2. The van der Waals surface area contributed by atoms with Crippen LogP contribution in [0.4, 0.5) is 20.8 Å². The highest BCUT2D eigenvalue weighted by Crippen LogP contribution is 2.39. The van der Waals surface area contributed by atoms with Crippen molar-refractivity contribution in [2.24, 2.45) is 0 Å². The Labute approximate surface area is 261 Å². The van der Waals surface area contributed by atoms with E-state index in [9.17, 15) is 24.0 Å². The number of thiophene rings is 1. The fourth-order valence-electron chi connectivity index (χ4n) is 4.37. The van der Waals surface area contributed by atoms with Crippen LogP contribution in [-0.2, 0) is 4.79 Å². The van der Waals surface area contributed by atoms with E-state index in [4.69, 9.17) is 0 Å². The van der Waals surface area contributed by atoms with Crippen molar-refractivity contribution in [2.45, 2.75) is 17.1 Å². The number of amides is 3. The molecule has 1 aromatic heterocycles. The molecular weight excluding hydrogens is 596 g/mol. The second-order valence-corrected chi connectivity index (χ2v) is 11.8. The monoisotopic (exact) mass is 620 g/mol. The van der Waals surface area contributed by atoms with E-state index < -0.39 is 22.9 Å². The first-order chi connectivity index (χ1) is 21.3. The molecule has 1 heterocycles. The quantitative estimate of drug-likeness (QED) is 0.144. The lowest BCUT2D eigenvalue weighted by atomic mass is 10.1. The molecule has 3 amide bonds. The molecule has 0 aliphatic heterocycles. The van der Waals surface area contributed by atoms with Gasteiger partial charge in [0.25, 0.3) is 11.8 Å². The molecule has 7 nitrogen and oxygen atoms in total. The average Bonchev–Trinajstić information content (AvgIpc) is 3.35. The number of rotatable bonds is 9. The van der Waals surface area contributed by atoms with Crippen molar-refractivity contribution in [2.75, 3.05) is 16.0 Å². The zero-order chi connectivity index (χ0) is 31.1. The number of anilines is 3. The molecule has 44 heavy (non-hydrogen) atoms. The third kappa shape index (κ3) is 7.03. The van der Waals surface area contributed by atoms with Crippen LogP contribution in [0.5, 0.6) is 0 Å². The summed E-state index contributed by atoms with van der Waals surface area (Å²) in [6, 6.07) is 32.8. The van der Waals surface area contributed by atoms with Gasteiger partial charge in [0.2, 0.25) is 5.91 Å². The number of carbonyl (C=O) groups excluding carboxylic acids is 3. The Kier molecular flexibility index (Phi) is 9.49. The number of nitrogens with one attached hydrogen (secondary N) is 3. The lowest BCUT2D eigenvalue weighted by molar-refractivity contribution is -0.115. The Morgan fingerprint density at radius 3 is 2.14 bits per heavy atom. The summed E-state index contributed by atoms with van der Waals surface area (Å²) in [5.74, 6) is -1.99. The van der Waals surface area contributed by atoms with E-state index in [-0.39, 0.29) is 22.0 Å². The molecular formula is C34H25FN4O3S2. The zero-order valence-electron chi connectivity index (χ0n) is 23.3. The Hall–Kier alpha value is -5.24. The van der Waals surface area contributed by atoms with E-state index >= 15 is 0 Å². The highest BCUT2D eigenvalue weighted by Gasteiger charge is 2.27. The van der Waals surface area contributed by atoms with Gasteiger partial charge < -0.3 is 16.0 Å². The Morgan fingerprint density at radius 1 is 0.795 bits per heavy atom. The van der Waals surface area contributed by atoms with Gasteiger partial charge in [0.05, 0.1) is 16.0 Å². The molecule has 0 fully saturated rings. The van der Waals surface area contributed by atoms with E-state index in [1.165, 1.54) is 30.0 Å². The van der Waals surface area contributed by atoms with Gasteiger partial charge in [-0.05, 0) is 60.5 Å². The van der Waals surface area contributed by atoms with E-state index in [1.807, 2.05) is 36.4 Å². The highest BCUT2D eigenvalue weighted by atomic mass is 32.2. The first-order valence-electron chi connectivity index (χ1n) is 13.4. The fraction of sp³-hybridized carbons (Fsp3) is 0.0588. The van der Waals surface area contributed by atoms with E-state index in [0.29, 0.717) is 32.3 Å². The number of hydrogen-bond donors (Lipinski definition) is 3. The summed E-state index contributed by atoms with van der Waals surface area (Å²) < 4.78 is 14.1. The van der Waals surface area contributed by atoms with Crippen LogP contribution in [-0.4, -0.2) is 17.7 Å². The summed E-state index contributed by atoms with van der Waals surface area (Å²) in [5.41, 5.74) is 2.38. The molecule has 1 atom stereocenters. The Balaban J connectivity index is 1.38. The van der Waals surface area contributed by atoms with Crippen molar-refractivity contribution >= 4 is 57.2 Å². The van der Waals surface area contributed by atoms with Crippen LogP contribution in [0.25, 0.3) is 0 Å². The minimum atomic E-state index is -0.746. The van der Waals surface area contributed by atoms with Crippen LogP contribution in [0.15, 0.2) is 114 Å². The van der Waals surface area contributed by atoms with Crippen molar-refractivity contribution < 1.29 is 18.8 Å². The lowest BCUT2D eigenvalue weighted by Crippen LogP contribution is -2.19. The number of halogens is 1. The van der Waals surface area contributed by atoms with Crippen LogP contribution in [0.1, 0.15) is 42.0 Å². The number of nitriles is 1. The molecule has 0 aliphatic rings. The maximum absolute atomic E-state index is 14.1. The SMILES string of the molecule is Cc1c(C(=O)Nc2ccccc2)sc(NC(=O)C(Sc2cccc(NC(=O)c3ccccc3F)c2)c2ccccc2)c1C#N. The van der Waals surface area contributed by atoms with Gasteiger partial charge in [-0.25, -0.2) is 4.39 Å². The van der Waals surface area contributed by atoms with Crippen molar-refractivity contribution in [3.8, 4) is 6.07 Å². The molecule has 3 N–H and O–H groups in total. The van der Waals surface area contributed by atoms with Crippen molar-refractivity contribution in [3.05, 3.63) is 142 Å². The molecule has 1 unspecified atom stereocenters. The second kappa shape index (κ2) is 13.8. The first kappa shape index (κ1) is 30.2. The molecule has 0 bridgehead atoms. The summed E-state index contributed by atoms with van der Waals surface area (Å²) in [4.78, 5) is 40.5. The minimum Gasteiger partial charge on any atom is -0.322 e. The second-order valence-electron chi connectivity index (χ2n) is 9.55. The standard InChI is InChI=1S/C34H25FN4O3S2/c1-21-27(20-36)34(44-29(21)32(41)37-23-13-6-3-7-14-23)39-33(42)30(22-11-4-2-5-12-22)43-25-16-10-15-24(19-25)38-31(40)26-17-8-9-18-28(26)35/h2-19,30H,1H3,(H,37,41)(H,38,40)(H,39,42). The smallest absolute Gasteiger partial charge is 0.266 e. The van der Waals surface area contributed by atoms with E-state index in [0.717, 1.165) is 11.3 Å². The summed E-state index contributed by atoms with van der Waals surface area (Å²) >= 11 is 2.29. The number of carbonyl (C=O) groups is 3. The van der Waals surface area contributed by atoms with Crippen molar-refractivity contribution in [1.82, 2.24) is 0 Å². The molecule has 0 saturated heterocycles. The third-order valence-corrected chi connectivity index (χ3v) is 8.99. The van der Waals surface area contributed by atoms with Crippen molar-refractivity contribution in [3.63, 3.8) is 0 Å². The number of thioether (sulfide) groups is 1. The van der Waals surface area contributed by atoms with Gasteiger partial charge in [0.15, 0.2) is 0 Å². The molecule has 4 aromatic carbocycles. The number of para-hydroxylation sites is 1. The lowest BCUT2D eigenvalue weighted by Gasteiger charge is -2.17. The predicted octanol–water partition coefficient (Wildman–Crippen LogP) is 8.04. The highest BCUT2D eigenvalue weighted by molar-refractivity contribution is 8.00. The molecule has 10 heteroatoms. The van der Waals surface area contributed by atoms with Crippen LogP contribution < -0.4 is 16.0 Å². The van der Waals surface area contributed by atoms with Crippen LogP contribution in [0.2, 0.25) is 0 Å². The van der Waals surface area contributed by atoms with E-state index in [1.54, 1.807) is 61.5 Å². The molecule has 0 radical (unpaired) electrons. The third-order valence-electron chi connectivity index (χ3n) is 6.54. The summed E-state index contributed by atoms with van der Waals surface area (Å²) in [7, 11) is 0. The fourth-order valence-corrected chi connectivity index (χ4v) is 6.51. The molecule has 0 aliphatic carbocycles. The Bertz CT molecular complexity index is 1870. The van der Waals surface area contributed by atoms with Gasteiger partial charge in [0, 0.05) is 16.3 Å². The maximum Gasteiger partial charge on any atom is 0.266 e. The van der Waals surface area contributed by atoms with Gasteiger partial charge >= 0.3 is 0 Å². The van der Waals surface area contributed by atoms with Crippen molar-refractivity contribution in [1.29, 1.82) is 5.26 Å². The molecule has 218 valence electrons. The van der Waals surface area contributed by atoms with Crippen LogP contribution in [0.3, 0.4) is 0 Å². The number of hydrogen-bond acceptors (Lipinski definition) is 6. The summed E-state index contributed by atoms with van der Waals surface area (Å²) in [5, 5.41) is 17.8. The topological polar surface area (TPSA) is 111 Å². The van der Waals surface area contributed by atoms with Crippen LogP contribution in [0, 0.1) is 24.1 Å². The van der Waals surface area contributed by atoms with Crippen LogP contribution >= 0.6 is 23.1 Å². The maximum atomic E-state index is 14.1. The predicted molar refractivity (Wildman–Crippen MR) is 173 cm³/mol. The van der Waals surface area contributed by atoms with Gasteiger partial charge in [0.1, 0.15) is 22.1 Å².